The van der Waals surface area contributed by atoms with E-state index in [2.05, 4.69) is 13.8 Å². The third-order valence-corrected chi connectivity index (χ3v) is 1.50. The molecule has 0 aromatic rings. The zero-order valence-corrected chi connectivity index (χ0v) is 6.51. The van der Waals surface area contributed by atoms with Crippen LogP contribution in [0.25, 0.3) is 0 Å². The van der Waals surface area contributed by atoms with Crippen molar-refractivity contribution in [3.63, 3.8) is 0 Å². The molecule has 0 radical (unpaired) electrons. The lowest BCUT2D eigenvalue weighted by Gasteiger charge is -2.01. The van der Waals surface area contributed by atoms with Crippen molar-refractivity contribution in [2.45, 2.75) is 20.3 Å². The monoisotopic (exact) mass is 131 g/mol. The molecule has 2 heteroatoms. The van der Waals surface area contributed by atoms with Crippen molar-refractivity contribution in [1.29, 1.82) is 5.41 Å². The van der Waals surface area contributed by atoms with Crippen LogP contribution in [-0.2, 0) is 0 Å². The Morgan fingerprint density at radius 1 is 1.62 bits per heavy atom. The zero-order chi connectivity index (χ0) is 6.57. The van der Waals surface area contributed by atoms with Crippen LogP contribution in [0, 0.1) is 11.3 Å². The topological polar surface area (TPSA) is 23.9 Å². The Kier molecular flexibility index (Phi) is 3.97. The largest absolute Gasteiger partial charge is 0.298 e. The smallest absolute Gasteiger partial charge is 0.0641 e. The molecule has 0 aromatic heterocycles. The molecule has 0 amide bonds. The van der Waals surface area contributed by atoms with Crippen LogP contribution >= 0.6 is 11.8 Å². The van der Waals surface area contributed by atoms with Crippen LogP contribution in [0.1, 0.15) is 20.3 Å². The molecule has 0 unspecified atom stereocenters. The van der Waals surface area contributed by atoms with E-state index in [1.807, 2.05) is 6.26 Å². The highest BCUT2D eigenvalue weighted by molar-refractivity contribution is 8.13. The fourth-order valence-corrected chi connectivity index (χ4v) is 0.954. The Morgan fingerprint density at radius 3 is 2.25 bits per heavy atom. The van der Waals surface area contributed by atoms with E-state index in [9.17, 15) is 0 Å². The number of hydrogen-bond acceptors (Lipinski definition) is 2. The minimum Gasteiger partial charge on any atom is -0.298 e. The molecule has 0 aliphatic rings. The molecule has 0 fully saturated rings. The Hall–Kier alpha value is 0.0200. The summed E-state index contributed by atoms with van der Waals surface area (Å²) in [5, 5.41) is 8.02. The molecule has 0 atom stereocenters. The van der Waals surface area contributed by atoms with Gasteiger partial charge in [0, 0.05) is 0 Å². The minimum absolute atomic E-state index is 0.634. The van der Waals surface area contributed by atoms with Crippen molar-refractivity contribution in [3.8, 4) is 0 Å². The number of rotatable bonds is 2. The van der Waals surface area contributed by atoms with Crippen LogP contribution in [-0.4, -0.2) is 11.3 Å². The van der Waals surface area contributed by atoms with Crippen molar-refractivity contribution >= 4 is 16.8 Å². The van der Waals surface area contributed by atoms with Gasteiger partial charge in [0.05, 0.1) is 5.04 Å². The maximum atomic E-state index is 7.23. The number of nitrogens with one attached hydrogen (secondary N) is 1. The van der Waals surface area contributed by atoms with Crippen molar-refractivity contribution in [1.82, 2.24) is 0 Å². The Bertz CT molecular complexity index is 78.6. The number of thioether (sulfide) groups is 1. The van der Waals surface area contributed by atoms with Gasteiger partial charge >= 0.3 is 0 Å². The molecular formula is C6H13NS. The van der Waals surface area contributed by atoms with Gasteiger partial charge in [0.2, 0.25) is 0 Å². The lowest BCUT2D eigenvalue weighted by molar-refractivity contribution is 0.687. The molecule has 0 saturated carbocycles. The minimum atomic E-state index is 0.634. The summed E-state index contributed by atoms with van der Waals surface area (Å²) >= 11 is 1.54. The summed E-state index contributed by atoms with van der Waals surface area (Å²) in [6.07, 6.45) is 2.88. The van der Waals surface area contributed by atoms with Crippen molar-refractivity contribution < 1.29 is 0 Å². The molecule has 48 valence electrons. The van der Waals surface area contributed by atoms with E-state index in [4.69, 9.17) is 5.41 Å². The maximum Gasteiger partial charge on any atom is 0.0641 e. The van der Waals surface area contributed by atoms with Gasteiger partial charge in [-0.15, -0.1) is 11.8 Å². The molecular weight excluding hydrogens is 118 g/mol. The molecule has 1 nitrogen and oxygen atoms in total. The van der Waals surface area contributed by atoms with Crippen molar-refractivity contribution in [2.24, 2.45) is 5.92 Å². The summed E-state index contributed by atoms with van der Waals surface area (Å²) in [6, 6.07) is 0. The highest BCUT2D eigenvalue weighted by atomic mass is 32.2. The first kappa shape index (κ1) is 8.02. The van der Waals surface area contributed by atoms with Crippen LogP contribution in [0.5, 0.6) is 0 Å². The molecule has 1 N–H and O–H groups in total. The van der Waals surface area contributed by atoms with Gasteiger partial charge in [-0.1, -0.05) is 13.8 Å². The van der Waals surface area contributed by atoms with E-state index in [0.717, 1.165) is 11.5 Å². The summed E-state index contributed by atoms with van der Waals surface area (Å²) < 4.78 is 0. The third kappa shape index (κ3) is 4.19. The van der Waals surface area contributed by atoms with Gasteiger partial charge in [-0.25, -0.2) is 0 Å². The highest BCUT2D eigenvalue weighted by Crippen LogP contribution is 2.07. The normalized spacial score (nSPS) is 10.0. The fourth-order valence-electron chi connectivity index (χ4n) is 0.454. The Labute approximate surface area is 55.4 Å². The summed E-state index contributed by atoms with van der Waals surface area (Å²) in [5.74, 6) is 0.634. The first-order valence-electron chi connectivity index (χ1n) is 2.78. The average Bonchev–Trinajstić information content (AvgIpc) is 1.65. The fraction of sp³-hybridized carbons (Fsp3) is 0.833. The van der Waals surface area contributed by atoms with E-state index in [1.54, 1.807) is 0 Å². The first-order chi connectivity index (χ1) is 3.66. The molecule has 0 aromatic carbocycles. The van der Waals surface area contributed by atoms with E-state index >= 15 is 0 Å². The van der Waals surface area contributed by atoms with Crippen LogP contribution in [0.2, 0.25) is 0 Å². The van der Waals surface area contributed by atoms with Crippen LogP contribution in [0.3, 0.4) is 0 Å². The molecule has 0 aliphatic heterocycles. The zero-order valence-electron chi connectivity index (χ0n) is 5.69. The second kappa shape index (κ2) is 3.96. The van der Waals surface area contributed by atoms with Gasteiger partial charge in [0.15, 0.2) is 0 Å². The van der Waals surface area contributed by atoms with Crippen molar-refractivity contribution in [2.75, 3.05) is 6.26 Å². The van der Waals surface area contributed by atoms with Crippen LogP contribution in [0.4, 0.5) is 0 Å². The summed E-state index contributed by atoms with van der Waals surface area (Å²) in [4.78, 5) is 0. The summed E-state index contributed by atoms with van der Waals surface area (Å²) in [7, 11) is 0. The SMILES string of the molecule is CSC(=N)CC(C)C. The first-order valence-corrected chi connectivity index (χ1v) is 4.00. The Morgan fingerprint density at radius 2 is 2.12 bits per heavy atom. The van der Waals surface area contributed by atoms with E-state index in [1.165, 1.54) is 11.8 Å². The lowest BCUT2D eigenvalue weighted by atomic mass is 10.1. The van der Waals surface area contributed by atoms with Crippen LogP contribution < -0.4 is 0 Å². The van der Waals surface area contributed by atoms with Gasteiger partial charge in [0.1, 0.15) is 0 Å². The predicted octanol–water partition coefficient (Wildman–Crippen LogP) is 2.37. The second-order valence-electron chi connectivity index (χ2n) is 2.23. The van der Waals surface area contributed by atoms with Gasteiger partial charge in [-0.3, -0.25) is 5.41 Å². The van der Waals surface area contributed by atoms with Gasteiger partial charge in [-0.05, 0) is 18.6 Å². The molecule has 0 aliphatic carbocycles. The number of hydrogen-bond donors (Lipinski definition) is 1. The summed E-state index contributed by atoms with van der Waals surface area (Å²) in [5.41, 5.74) is 0. The average molecular weight is 131 g/mol. The maximum absolute atomic E-state index is 7.23. The second-order valence-corrected chi connectivity index (χ2v) is 3.13. The highest BCUT2D eigenvalue weighted by Gasteiger charge is 1.96. The summed E-state index contributed by atoms with van der Waals surface area (Å²) in [6.45, 7) is 4.26. The van der Waals surface area contributed by atoms with Gasteiger partial charge < -0.3 is 0 Å². The van der Waals surface area contributed by atoms with E-state index < -0.39 is 0 Å². The van der Waals surface area contributed by atoms with Gasteiger partial charge in [0.25, 0.3) is 0 Å². The molecule has 0 bridgehead atoms. The lowest BCUT2D eigenvalue weighted by Crippen LogP contribution is -1.95. The van der Waals surface area contributed by atoms with E-state index in [-0.39, 0.29) is 0 Å². The quantitative estimate of drug-likeness (QED) is 0.451. The van der Waals surface area contributed by atoms with Gasteiger partial charge in [-0.2, -0.15) is 0 Å². The van der Waals surface area contributed by atoms with E-state index in [0.29, 0.717) is 5.92 Å². The third-order valence-electron chi connectivity index (χ3n) is 0.840. The molecule has 0 saturated heterocycles. The standard InChI is InChI=1S/C6H13NS/c1-5(2)4-6(7)8-3/h5,7H,4H2,1-3H3. The van der Waals surface area contributed by atoms with Crippen LogP contribution in [0.15, 0.2) is 0 Å². The molecule has 0 spiro atoms. The Balaban J connectivity index is 3.25. The molecule has 0 heterocycles. The van der Waals surface area contributed by atoms with Crippen molar-refractivity contribution in [3.05, 3.63) is 0 Å². The molecule has 8 heavy (non-hydrogen) atoms. The molecule has 0 rings (SSSR count). The predicted molar refractivity (Wildman–Crippen MR) is 40.7 cm³/mol.